The maximum absolute atomic E-state index is 12.6. The largest absolute Gasteiger partial charge is 0.351 e. The molecule has 1 fully saturated rings. The SMILES string of the molecule is CC(C)CC(C(=O)NCC1=CCNCC1)N1CCCCC1=O.Cl. The van der Waals surface area contributed by atoms with E-state index in [1.165, 1.54) is 5.57 Å². The van der Waals surface area contributed by atoms with Crippen LogP contribution in [0, 0.1) is 5.92 Å². The van der Waals surface area contributed by atoms with Gasteiger partial charge in [0.15, 0.2) is 0 Å². The van der Waals surface area contributed by atoms with Crippen LogP contribution in [0.4, 0.5) is 0 Å². The summed E-state index contributed by atoms with van der Waals surface area (Å²) < 4.78 is 0. The number of carbonyl (C=O) groups is 2. The van der Waals surface area contributed by atoms with Crippen molar-refractivity contribution >= 4 is 24.2 Å². The summed E-state index contributed by atoms with van der Waals surface area (Å²) in [5.41, 5.74) is 1.28. The lowest BCUT2D eigenvalue weighted by Crippen LogP contribution is -2.52. The summed E-state index contributed by atoms with van der Waals surface area (Å²) in [5.74, 6) is 0.528. The molecule has 23 heavy (non-hydrogen) atoms. The smallest absolute Gasteiger partial charge is 0.243 e. The Kier molecular flexibility index (Phi) is 8.63. The molecule has 0 radical (unpaired) electrons. The van der Waals surface area contributed by atoms with Crippen LogP contribution >= 0.6 is 12.4 Å². The standard InChI is InChI=1S/C17H29N3O2.ClH/c1-13(2)11-15(20-10-4-3-5-16(20)21)17(22)19-12-14-6-8-18-9-7-14;/h6,13,15,18H,3-5,7-12H2,1-2H3,(H,19,22);1H. The molecule has 1 unspecified atom stereocenters. The summed E-state index contributed by atoms with van der Waals surface area (Å²) in [5, 5.41) is 6.31. The molecule has 2 aliphatic heterocycles. The van der Waals surface area contributed by atoms with Gasteiger partial charge in [0.25, 0.3) is 0 Å². The third-order valence-corrected chi connectivity index (χ3v) is 4.38. The summed E-state index contributed by atoms with van der Waals surface area (Å²) in [7, 11) is 0. The predicted octanol–water partition coefficient (Wildman–Crippen LogP) is 1.87. The van der Waals surface area contributed by atoms with Gasteiger partial charge in [0.1, 0.15) is 6.04 Å². The maximum atomic E-state index is 12.6. The van der Waals surface area contributed by atoms with Gasteiger partial charge >= 0.3 is 0 Å². The molecule has 0 bridgehead atoms. The lowest BCUT2D eigenvalue weighted by Gasteiger charge is -2.34. The molecule has 2 rings (SSSR count). The predicted molar refractivity (Wildman–Crippen MR) is 94.6 cm³/mol. The topological polar surface area (TPSA) is 61.4 Å². The molecule has 0 aromatic heterocycles. The van der Waals surface area contributed by atoms with Crippen LogP contribution in [0.2, 0.25) is 0 Å². The van der Waals surface area contributed by atoms with Gasteiger partial charge in [-0.2, -0.15) is 0 Å². The minimum absolute atomic E-state index is 0. The highest BCUT2D eigenvalue weighted by molar-refractivity contribution is 5.88. The van der Waals surface area contributed by atoms with E-state index in [-0.39, 0.29) is 30.3 Å². The average Bonchev–Trinajstić information content (AvgIpc) is 2.52. The Balaban J connectivity index is 0.00000264. The van der Waals surface area contributed by atoms with Gasteiger partial charge in [-0.25, -0.2) is 0 Å². The number of amides is 2. The van der Waals surface area contributed by atoms with Gasteiger partial charge in [-0.3, -0.25) is 9.59 Å². The van der Waals surface area contributed by atoms with Gasteiger partial charge in [0, 0.05) is 26.1 Å². The van der Waals surface area contributed by atoms with Gasteiger partial charge < -0.3 is 15.5 Å². The molecule has 1 saturated heterocycles. The zero-order valence-corrected chi connectivity index (χ0v) is 15.1. The van der Waals surface area contributed by atoms with Crippen molar-refractivity contribution in [1.29, 1.82) is 0 Å². The number of hydrogen-bond donors (Lipinski definition) is 2. The van der Waals surface area contributed by atoms with E-state index in [9.17, 15) is 9.59 Å². The normalized spacial score (nSPS) is 19.9. The first-order valence-electron chi connectivity index (χ1n) is 8.53. The van der Waals surface area contributed by atoms with Gasteiger partial charge in [0.2, 0.25) is 11.8 Å². The van der Waals surface area contributed by atoms with E-state index < -0.39 is 0 Å². The Labute approximate surface area is 145 Å². The van der Waals surface area contributed by atoms with E-state index in [1.807, 2.05) is 0 Å². The van der Waals surface area contributed by atoms with Crippen LogP contribution in [0.3, 0.4) is 0 Å². The Morgan fingerprint density at radius 3 is 2.74 bits per heavy atom. The molecule has 0 saturated carbocycles. The van der Waals surface area contributed by atoms with Crippen molar-refractivity contribution in [2.45, 2.75) is 52.0 Å². The lowest BCUT2D eigenvalue weighted by molar-refractivity contribution is -0.143. The van der Waals surface area contributed by atoms with Crippen molar-refractivity contribution in [3.63, 3.8) is 0 Å². The van der Waals surface area contributed by atoms with Gasteiger partial charge in [-0.1, -0.05) is 25.5 Å². The third-order valence-electron chi connectivity index (χ3n) is 4.38. The van der Waals surface area contributed by atoms with Crippen LogP contribution in [-0.4, -0.2) is 48.9 Å². The first-order valence-corrected chi connectivity index (χ1v) is 8.53. The summed E-state index contributed by atoms with van der Waals surface area (Å²) in [6.07, 6.45) is 6.40. The molecule has 2 heterocycles. The van der Waals surface area contributed by atoms with Crippen LogP contribution in [-0.2, 0) is 9.59 Å². The van der Waals surface area contributed by atoms with Gasteiger partial charge in [-0.15, -0.1) is 12.4 Å². The van der Waals surface area contributed by atoms with Gasteiger partial charge in [-0.05, 0) is 38.1 Å². The highest BCUT2D eigenvalue weighted by Crippen LogP contribution is 2.19. The van der Waals surface area contributed by atoms with Crippen molar-refractivity contribution in [2.75, 3.05) is 26.2 Å². The van der Waals surface area contributed by atoms with E-state index in [2.05, 4.69) is 30.6 Å². The number of piperidine rings is 1. The van der Waals surface area contributed by atoms with Crippen molar-refractivity contribution in [2.24, 2.45) is 5.92 Å². The highest BCUT2D eigenvalue weighted by Gasteiger charge is 2.31. The number of rotatable bonds is 6. The first-order chi connectivity index (χ1) is 10.6. The molecule has 0 aliphatic carbocycles. The molecule has 5 nitrogen and oxygen atoms in total. The number of halogens is 1. The molecule has 2 amide bonds. The summed E-state index contributed by atoms with van der Waals surface area (Å²) >= 11 is 0. The van der Waals surface area contributed by atoms with E-state index in [4.69, 9.17) is 0 Å². The van der Waals surface area contributed by atoms with Crippen LogP contribution in [0.25, 0.3) is 0 Å². The summed E-state index contributed by atoms with van der Waals surface area (Å²) in [6.45, 7) is 7.38. The maximum Gasteiger partial charge on any atom is 0.243 e. The third kappa shape index (κ3) is 6.15. The molecular formula is C17H30ClN3O2. The number of nitrogens with one attached hydrogen (secondary N) is 2. The second kappa shape index (κ2) is 9.93. The molecule has 0 spiro atoms. The fourth-order valence-corrected chi connectivity index (χ4v) is 3.13. The number of likely N-dealkylation sites (tertiary alicyclic amines) is 1. The first kappa shape index (κ1) is 20.0. The average molecular weight is 344 g/mol. The zero-order valence-electron chi connectivity index (χ0n) is 14.3. The second-order valence-electron chi connectivity index (χ2n) is 6.72. The molecule has 2 aliphatic rings. The molecule has 2 N–H and O–H groups in total. The Morgan fingerprint density at radius 2 is 2.13 bits per heavy atom. The van der Waals surface area contributed by atoms with E-state index >= 15 is 0 Å². The van der Waals surface area contributed by atoms with Crippen molar-refractivity contribution < 1.29 is 9.59 Å². The van der Waals surface area contributed by atoms with E-state index in [0.29, 0.717) is 18.9 Å². The van der Waals surface area contributed by atoms with E-state index in [1.54, 1.807) is 4.90 Å². The Morgan fingerprint density at radius 1 is 1.35 bits per heavy atom. The Hall–Kier alpha value is -1.07. The van der Waals surface area contributed by atoms with Crippen LogP contribution < -0.4 is 10.6 Å². The lowest BCUT2D eigenvalue weighted by atomic mass is 9.98. The fraction of sp³-hybridized carbons (Fsp3) is 0.765. The van der Waals surface area contributed by atoms with E-state index in [0.717, 1.165) is 45.3 Å². The molecule has 6 heteroatoms. The van der Waals surface area contributed by atoms with Crippen molar-refractivity contribution in [3.05, 3.63) is 11.6 Å². The molecule has 1 atom stereocenters. The number of hydrogen-bond acceptors (Lipinski definition) is 3. The summed E-state index contributed by atoms with van der Waals surface area (Å²) in [6, 6.07) is -0.310. The van der Waals surface area contributed by atoms with Gasteiger partial charge in [0.05, 0.1) is 0 Å². The zero-order chi connectivity index (χ0) is 15.9. The molecule has 132 valence electrons. The summed E-state index contributed by atoms with van der Waals surface area (Å²) in [4.78, 5) is 26.6. The molecular weight excluding hydrogens is 314 g/mol. The van der Waals surface area contributed by atoms with Crippen molar-refractivity contribution in [1.82, 2.24) is 15.5 Å². The van der Waals surface area contributed by atoms with Crippen molar-refractivity contribution in [3.8, 4) is 0 Å². The Bertz CT molecular complexity index is 438. The van der Waals surface area contributed by atoms with Crippen LogP contribution in [0.15, 0.2) is 11.6 Å². The van der Waals surface area contributed by atoms with Crippen LogP contribution in [0.1, 0.15) is 46.0 Å². The second-order valence-corrected chi connectivity index (χ2v) is 6.72. The highest BCUT2D eigenvalue weighted by atomic mass is 35.5. The monoisotopic (exact) mass is 343 g/mol. The minimum atomic E-state index is -0.310. The molecule has 0 aromatic carbocycles. The quantitative estimate of drug-likeness (QED) is 0.724. The fourth-order valence-electron chi connectivity index (χ4n) is 3.13. The number of carbonyl (C=O) groups excluding carboxylic acids is 2. The molecule has 0 aromatic rings. The van der Waals surface area contributed by atoms with Crippen LogP contribution in [0.5, 0.6) is 0 Å². The minimum Gasteiger partial charge on any atom is -0.351 e. The number of nitrogens with zero attached hydrogens (tertiary/aromatic N) is 1.